The van der Waals surface area contributed by atoms with Crippen LogP contribution in [0, 0.1) is 28.6 Å². The molecule has 2 heteroatoms. The highest BCUT2D eigenvalue weighted by Crippen LogP contribution is 2.17. The van der Waals surface area contributed by atoms with Crippen molar-refractivity contribution >= 4 is 0 Å². The summed E-state index contributed by atoms with van der Waals surface area (Å²) in [5, 5.41) is 17.1. The van der Waals surface area contributed by atoms with Gasteiger partial charge in [-0.05, 0) is 17.9 Å². The molecule has 2 nitrogen and oxygen atoms in total. The van der Waals surface area contributed by atoms with Crippen LogP contribution in [0.3, 0.4) is 0 Å². The van der Waals surface area contributed by atoms with Crippen LogP contribution in [-0.4, -0.2) is 0 Å². The van der Waals surface area contributed by atoms with Gasteiger partial charge in [-0.1, -0.05) is 20.8 Å². The Bertz CT molecular complexity index is 219. The molecule has 0 aliphatic carbocycles. The topological polar surface area (TPSA) is 47.6 Å². The highest BCUT2D eigenvalue weighted by atomic mass is 14.3. The van der Waals surface area contributed by atoms with Gasteiger partial charge in [0.2, 0.25) is 0 Å². The van der Waals surface area contributed by atoms with E-state index in [4.69, 9.17) is 10.5 Å². The van der Waals surface area contributed by atoms with Gasteiger partial charge in [-0.3, -0.25) is 0 Å². The van der Waals surface area contributed by atoms with Gasteiger partial charge in [0.1, 0.15) is 17.7 Å². The molecule has 0 saturated heterocycles. The number of allylic oxidation sites excluding steroid dienone is 2. The normalized spacial score (nSPS) is 8.55. The van der Waals surface area contributed by atoms with E-state index in [1.807, 2.05) is 32.9 Å². The number of nitrogens with zero attached hydrogens (tertiary/aromatic N) is 2. The third kappa shape index (κ3) is 2.43. The maximum absolute atomic E-state index is 8.55. The summed E-state index contributed by atoms with van der Waals surface area (Å²) in [7, 11) is 0. The molecule has 0 rings (SSSR count). The number of rotatable bonds is 2. The monoisotopic (exact) mass is 148 g/mol. The first-order valence-corrected chi connectivity index (χ1v) is 3.70. The molecule has 0 N–H and O–H groups in total. The Morgan fingerprint density at radius 1 is 1.27 bits per heavy atom. The van der Waals surface area contributed by atoms with E-state index < -0.39 is 0 Å². The van der Waals surface area contributed by atoms with Crippen molar-refractivity contribution in [3.8, 4) is 12.1 Å². The highest BCUT2D eigenvalue weighted by Gasteiger charge is 2.07. The predicted molar refractivity (Wildman–Crippen MR) is 43.4 cm³/mol. The first kappa shape index (κ1) is 9.72. The van der Waals surface area contributed by atoms with E-state index in [0.29, 0.717) is 5.92 Å². The van der Waals surface area contributed by atoms with Crippen molar-refractivity contribution in [1.82, 2.24) is 0 Å². The van der Waals surface area contributed by atoms with Crippen LogP contribution in [0.25, 0.3) is 0 Å². The van der Waals surface area contributed by atoms with Gasteiger partial charge in [0, 0.05) is 0 Å². The average Bonchev–Trinajstić information content (AvgIpc) is 1.99. The van der Waals surface area contributed by atoms with Crippen molar-refractivity contribution in [1.29, 1.82) is 10.5 Å². The van der Waals surface area contributed by atoms with Crippen LogP contribution in [-0.2, 0) is 0 Å². The maximum Gasteiger partial charge on any atom is 0.129 e. The molecular weight excluding hydrogens is 136 g/mol. The molecule has 0 spiro atoms. The van der Waals surface area contributed by atoms with Gasteiger partial charge in [-0.2, -0.15) is 10.5 Å². The Hall–Kier alpha value is -1.28. The van der Waals surface area contributed by atoms with Crippen molar-refractivity contribution in [3.05, 3.63) is 11.1 Å². The minimum Gasteiger partial charge on any atom is -0.192 e. The van der Waals surface area contributed by atoms with E-state index in [0.717, 1.165) is 12.0 Å². The summed E-state index contributed by atoms with van der Waals surface area (Å²) in [5.74, 6) is 0.300. The lowest BCUT2D eigenvalue weighted by Crippen LogP contribution is -1.96. The summed E-state index contributed by atoms with van der Waals surface area (Å²) in [5.41, 5.74) is 1.23. The van der Waals surface area contributed by atoms with Gasteiger partial charge >= 0.3 is 0 Å². The summed E-state index contributed by atoms with van der Waals surface area (Å²) in [6.07, 6.45) is 0.786. The van der Waals surface area contributed by atoms with Crippen LogP contribution in [0.1, 0.15) is 27.2 Å². The van der Waals surface area contributed by atoms with Crippen LogP contribution in [0.15, 0.2) is 11.1 Å². The second-order valence-corrected chi connectivity index (χ2v) is 2.63. The molecule has 0 radical (unpaired) electrons. The lowest BCUT2D eigenvalue weighted by Gasteiger charge is -2.06. The Morgan fingerprint density at radius 2 is 1.73 bits per heavy atom. The Kier molecular flexibility index (Phi) is 4.00. The Morgan fingerprint density at radius 3 is 1.82 bits per heavy atom. The minimum atomic E-state index is 0.280. The SMILES string of the molecule is CCC(=C(C#N)C#N)C(C)C. The Labute approximate surface area is 67.8 Å². The van der Waals surface area contributed by atoms with Crippen molar-refractivity contribution in [2.75, 3.05) is 0 Å². The molecule has 0 fully saturated rings. The summed E-state index contributed by atoms with van der Waals surface area (Å²) in [6, 6.07) is 3.81. The minimum absolute atomic E-state index is 0.280. The van der Waals surface area contributed by atoms with Gasteiger partial charge in [-0.15, -0.1) is 0 Å². The zero-order valence-corrected chi connectivity index (χ0v) is 7.18. The molecule has 0 bridgehead atoms. The van der Waals surface area contributed by atoms with Crippen molar-refractivity contribution in [2.45, 2.75) is 27.2 Å². The molecule has 0 aromatic carbocycles. The third-order valence-electron chi connectivity index (χ3n) is 1.62. The second-order valence-electron chi connectivity index (χ2n) is 2.63. The van der Waals surface area contributed by atoms with Gasteiger partial charge in [0.25, 0.3) is 0 Å². The smallest absolute Gasteiger partial charge is 0.129 e. The zero-order chi connectivity index (χ0) is 8.85. The molecule has 58 valence electrons. The van der Waals surface area contributed by atoms with E-state index in [1.165, 1.54) is 0 Å². The zero-order valence-electron chi connectivity index (χ0n) is 7.18. The van der Waals surface area contributed by atoms with Gasteiger partial charge in [0.15, 0.2) is 0 Å². The number of hydrogen-bond donors (Lipinski definition) is 0. The summed E-state index contributed by atoms with van der Waals surface area (Å²) in [4.78, 5) is 0. The largest absolute Gasteiger partial charge is 0.192 e. The van der Waals surface area contributed by atoms with E-state index in [-0.39, 0.29) is 5.57 Å². The average molecular weight is 148 g/mol. The predicted octanol–water partition coefficient (Wildman–Crippen LogP) is 2.40. The van der Waals surface area contributed by atoms with E-state index in [9.17, 15) is 0 Å². The molecule has 0 aliphatic rings. The number of nitriles is 2. The molecule has 0 amide bonds. The fraction of sp³-hybridized carbons (Fsp3) is 0.556. The van der Waals surface area contributed by atoms with Crippen molar-refractivity contribution < 1.29 is 0 Å². The lowest BCUT2D eigenvalue weighted by molar-refractivity contribution is 0.727. The standard InChI is InChI=1S/C9H12N2/c1-4-9(7(2)3)8(5-10)6-11/h7H,4H2,1-3H3. The summed E-state index contributed by atoms with van der Waals surface area (Å²) in [6.45, 7) is 5.95. The molecule has 11 heavy (non-hydrogen) atoms. The van der Waals surface area contributed by atoms with Crippen LogP contribution >= 0.6 is 0 Å². The fourth-order valence-corrected chi connectivity index (χ4v) is 1.04. The second kappa shape index (κ2) is 4.52. The van der Waals surface area contributed by atoms with Crippen LogP contribution in [0.5, 0.6) is 0 Å². The van der Waals surface area contributed by atoms with Gasteiger partial charge < -0.3 is 0 Å². The molecule has 0 aromatic heterocycles. The molecular formula is C9H12N2. The summed E-state index contributed by atoms with van der Waals surface area (Å²) < 4.78 is 0. The first-order valence-electron chi connectivity index (χ1n) is 3.70. The van der Waals surface area contributed by atoms with Crippen LogP contribution < -0.4 is 0 Å². The lowest BCUT2D eigenvalue weighted by atomic mass is 9.96. The molecule has 0 aromatic rings. The molecule has 0 aliphatic heterocycles. The van der Waals surface area contributed by atoms with Crippen molar-refractivity contribution in [3.63, 3.8) is 0 Å². The van der Waals surface area contributed by atoms with Crippen LogP contribution in [0.4, 0.5) is 0 Å². The summed E-state index contributed by atoms with van der Waals surface area (Å²) >= 11 is 0. The molecule has 0 atom stereocenters. The number of hydrogen-bond acceptors (Lipinski definition) is 2. The maximum atomic E-state index is 8.55. The molecule has 0 unspecified atom stereocenters. The van der Waals surface area contributed by atoms with E-state index >= 15 is 0 Å². The van der Waals surface area contributed by atoms with E-state index in [1.54, 1.807) is 0 Å². The third-order valence-corrected chi connectivity index (χ3v) is 1.62. The fourth-order valence-electron chi connectivity index (χ4n) is 1.04. The van der Waals surface area contributed by atoms with Crippen molar-refractivity contribution in [2.24, 2.45) is 5.92 Å². The first-order chi connectivity index (χ1) is 5.17. The molecule has 0 heterocycles. The Balaban J connectivity index is 4.86. The highest BCUT2D eigenvalue weighted by molar-refractivity contribution is 5.40. The van der Waals surface area contributed by atoms with E-state index in [2.05, 4.69) is 0 Å². The van der Waals surface area contributed by atoms with Gasteiger partial charge in [0.05, 0.1) is 0 Å². The quantitative estimate of drug-likeness (QED) is 0.564. The van der Waals surface area contributed by atoms with Gasteiger partial charge in [-0.25, -0.2) is 0 Å². The molecule has 0 saturated carbocycles. The van der Waals surface area contributed by atoms with Crippen LogP contribution in [0.2, 0.25) is 0 Å².